The number of carbonyl (C=O) groups is 1. The fraction of sp³-hybridized carbons (Fsp3) is 0.368. The summed E-state index contributed by atoms with van der Waals surface area (Å²) < 4.78 is 5.21. The first-order chi connectivity index (χ1) is 11.7. The number of hydrogen-bond donors (Lipinski definition) is 2. The van der Waals surface area contributed by atoms with Crippen LogP contribution < -0.4 is 10.6 Å². The van der Waals surface area contributed by atoms with Crippen molar-refractivity contribution >= 4 is 17.5 Å². The van der Waals surface area contributed by atoms with Gasteiger partial charge in [0.2, 0.25) is 0 Å². The van der Waals surface area contributed by atoms with Crippen LogP contribution in [0.4, 0.5) is 16.2 Å². The fourth-order valence-electron chi connectivity index (χ4n) is 3.01. The molecule has 0 bridgehead atoms. The van der Waals surface area contributed by atoms with Crippen LogP contribution in [0.5, 0.6) is 0 Å². The molecule has 0 unspecified atom stereocenters. The summed E-state index contributed by atoms with van der Waals surface area (Å²) in [6.45, 7) is 2.91. The monoisotopic (exact) mass is 325 g/mol. The lowest BCUT2D eigenvalue weighted by Gasteiger charge is -2.20. The average Bonchev–Trinajstić information content (AvgIpc) is 2.59. The van der Waals surface area contributed by atoms with Crippen molar-refractivity contribution in [1.82, 2.24) is 4.98 Å². The van der Waals surface area contributed by atoms with E-state index in [4.69, 9.17) is 4.74 Å². The van der Waals surface area contributed by atoms with Gasteiger partial charge in [-0.3, -0.25) is 10.3 Å². The Labute approximate surface area is 142 Å². The van der Waals surface area contributed by atoms with Crippen molar-refractivity contribution in [2.24, 2.45) is 0 Å². The minimum Gasteiger partial charge on any atom is -0.447 e. The van der Waals surface area contributed by atoms with Crippen LogP contribution in [0.1, 0.15) is 29.8 Å². The molecule has 1 amide bonds. The first-order valence-corrected chi connectivity index (χ1v) is 8.44. The van der Waals surface area contributed by atoms with Gasteiger partial charge in [0.25, 0.3) is 0 Å². The summed E-state index contributed by atoms with van der Waals surface area (Å²) in [7, 11) is 0. The number of aromatic nitrogens is 1. The second kappa shape index (κ2) is 7.81. The number of ether oxygens (including phenoxy) is 1. The van der Waals surface area contributed by atoms with Crippen LogP contribution in [-0.4, -0.2) is 24.2 Å². The van der Waals surface area contributed by atoms with Crippen molar-refractivity contribution < 1.29 is 9.53 Å². The summed E-state index contributed by atoms with van der Waals surface area (Å²) in [4.78, 5) is 16.4. The van der Waals surface area contributed by atoms with Gasteiger partial charge in [0.1, 0.15) is 6.61 Å². The molecule has 2 N–H and O–H groups in total. The Kier molecular flexibility index (Phi) is 5.31. The van der Waals surface area contributed by atoms with E-state index in [1.54, 1.807) is 0 Å². The predicted molar refractivity (Wildman–Crippen MR) is 95.5 cm³/mol. The number of pyridine rings is 1. The number of fused-ring (bicyclic) bond motifs is 1. The van der Waals surface area contributed by atoms with Gasteiger partial charge in [-0.15, -0.1) is 0 Å². The highest BCUT2D eigenvalue weighted by Crippen LogP contribution is 2.27. The molecule has 126 valence electrons. The summed E-state index contributed by atoms with van der Waals surface area (Å²) in [5, 5.41) is 6.09. The zero-order chi connectivity index (χ0) is 16.8. The number of nitrogens with zero attached hydrogens (tertiary/aromatic N) is 1. The Hall–Kier alpha value is -2.56. The molecule has 2 aromatic rings. The van der Waals surface area contributed by atoms with Gasteiger partial charge in [0.05, 0.1) is 0 Å². The van der Waals surface area contributed by atoms with E-state index < -0.39 is 6.09 Å². The van der Waals surface area contributed by atoms with E-state index in [0.29, 0.717) is 13.2 Å². The van der Waals surface area contributed by atoms with Crippen LogP contribution >= 0.6 is 0 Å². The van der Waals surface area contributed by atoms with Crippen LogP contribution in [0.25, 0.3) is 0 Å². The summed E-state index contributed by atoms with van der Waals surface area (Å²) in [6.07, 6.45) is 4.12. The Morgan fingerprint density at radius 1 is 1.21 bits per heavy atom. The molecule has 1 aromatic carbocycles. The Morgan fingerprint density at radius 3 is 2.83 bits per heavy atom. The van der Waals surface area contributed by atoms with E-state index in [-0.39, 0.29) is 0 Å². The number of carbonyl (C=O) groups excluding carboxylic acids is 1. The van der Waals surface area contributed by atoms with Crippen molar-refractivity contribution in [2.75, 3.05) is 23.8 Å². The van der Waals surface area contributed by atoms with Gasteiger partial charge in [-0.05, 0) is 56.4 Å². The van der Waals surface area contributed by atoms with E-state index in [9.17, 15) is 4.79 Å². The number of para-hydroxylation sites is 1. The van der Waals surface area contributed by atoms with Gasteiger partial charge in [-0.1, -0.05) is 18.2 Å². The van der Waals surface area contributed by atoms with Crippen LogP contribution in [-0.2, 0) is 17.6 Å². The van der Waals surface area contributed by atoms with Crippen LogP contribution in [0.15, 0.2) is 36.4 Å². The Balaban J connectivity index is 1.48. The van der Waals surface area contributed by atoms with Gasteiger partial charge in [0.15, 0.2) is 0 Å². The maximum atomic E-state index is 11.7. The molecular formula is C19H23N3O2. The SMILES string of the molecule is Cc1cc(NCCOC(=O)Nc2ccccc2)c2c(n1)CCCC2. The lowest BCUT2D eigenvalue weighted by molar-refractivity contribution is 0.166. The molecule has 5 nitrogen and oxygen atoms in total. The number of benzene rings is 1. The quantitative estimate of drug-likeness (QED) is 0.818. The van der Waals surface area contributed by atoms with Crippen molar-refractivity contribution in [3.8, 4) is 0 Å². The second-order valence-corrected chi connectivity index (χ2v) is 6.00. The molecular weight excluding hydrogens is 302 g/mol. The lowest BCUT2D eigenvalue weighted by Crippen LogP contribution is -2.19. The van der Waals surface area contributed by atoms with Gasteiger partial charge >= 0.3 is 6.09 Å². The zero-order valence-corrected chi connectivity index (χ0v) is 14.0. The van der Waals surface area contributed by atoms with E-state index in [1.807, 2.05) is 37.3 Å². The first kappa shape index (κ1) is 16.3. The maximum absolute atomic E-state index is 11.7. The number of aryl methyl sites for hydroxylation is 2. The summed E-state index contributed by atoms with van der Waals surface area (Å²) in [6, 6.07) is 11.4. The molecule has 0 fully saturated rings. The molecule has 0 atom stereocenters. The van der Waals surface area contributed by atoms with Gasteiger partial charge in [-0.2, -0.15) is 0 Å². The largest absolute Gasteiger partial charge is 0.447 e. The molecule has 3 rings (SSSR count). The smallest absolute Gasteiger partial charge is 0.411 e. The number of amides is 1. The number of hydrogen-bond acceptors (Lipinski definition) is 4. The average molecular weight is 325 g/mol. The van der Waals surface area contributed by atoms with E-state index >= 15 is 0 Å². The summed E-state index contributed by atoms with van der Waals surface area (Å²) in [5.41, 5.74) is 5.42. The molecule has 24 heavy (non-hydrogen) atoms. The van der Waals surface area contributed by atoms with Crippen molar-refractivity contribution in [3.63, 3.8) is 0 Å². The number of nitrogens with one attached hydrogen (secondary N) is 2. The minimum absolute atomic E-state index is 0.314. The number of anilines is 2. The molecule has 1 aliphatic carbocycles. The van der Waals surface area contributed by atoms with E-state index in [2.05, 4.69) is 21.7 Å². The van der Waals surface area contributed by atoms with Crippen LogP contribution in [0.3, 0.4) is 0 Å². The molecule has 0 saturated carbocycles. The standard InChI is InChI=1S/C19H23N3O2/c1-14-13-18(16-9-5-6-10-17(16)21-14)20-11-12-24-19(23)22-15-7-3-2-4-8-15/h2-4,7-8,13H,5-6,9-12H2,1H3,(H,20,21)(H,22,23). The summed E-state index contributed by atoms with van der Waals surface area (Å²) >= 11 is 0. The van der Waals surface area contributed by atoms with Crippen molar-refractivity contribution in [2.45, 2.75) is 32.6 Å². The molecule has 0 radical (unpaired) electrons. The molecule has 1 heterocycles. The predicted octanol–water partition coefficient (Wildman–Crippen LogP) is 3.93. The molecule has 0 saturated heterocycles. The molecule has 5 heteroatoms. The van der Waals surface area contributed by atoms with Gasteiger partial charge in [0, 0.05) is 29.3 Å². The van der Waals surface area contributed by atoms with Gasteiger partial charge < -0.3 is 10.1 Å². The topological polar surface area (TPSA) is 63.2 Å². The number of rotatable bonds is 5. The highest BCUT2D eigenvalue weighted by molar-refractivity contribution is 5.84. The van der Waals surface area contributed by atoms with Crippen LogP contribution in [0, 0.1) is 6.92 Å². The highest BCUT2D eigenvalue weighted by Gasteiger charge is 2.15. The molecule has 1 aliphatic rings. The third-order valence-corrected chi connectivity index (χ3v) is 4.10. The first-order valence-electron chi connectivity index (χ1n) is 8.44. The summed E-state index contributed by atoms with van der Waals surface area (Å²) in [5.74, 6) is 0. The van der Waals surface area contributed by atoms with Crippen LogP contribution in [0.2, 0.25) is 0 Å². The molecule has 0 spiro atoms. The highest BCUT2D eigenvalue weighted by atomic mass is 16.5. The zero-order valence-electron chi connectivity index (χ0n) is 14.0. The van der Waals surface area contributed by atoms with E-state index in [0.717, 1.165) is 29.9 Å². The third kappa shape index (κ3) is 4.25. The molecule has 1 aromatic heterocycles. The fourth-order valence-corrected chi connectivity index (χ4v) is 3.01. The minimum atomic E-state index is -0.434. The maximum Gasteiger partial charge on any atom is 0.411 e. The Morgan fingerprint density at radius 2 is 2.00 bits per heavy atom. The Bertz CT molecular complexity index is 701. The van der Waals surface area contributed by atoms with Crippen molar-refractivity contribution in [1.29, 1.82) is 0 Å². The van der Waals surface area contributed by atoms with Gasteiger partial charge in [-0.25, -0.2) is 4.79 Å². The second-order valence-electron chi connectivity index (χ2n) is 6.00. The third-order valence-electron chi connectivity index (χ3n) is 4.10. The molecule has 0 aliphatic heterocycles. The van der Waals surface area contributed by atoms with Crippen molar-refractivity contribution in [3.05, 3.63) is 53.3 Å². The van der Waals surface area contributed by atoms with E-state index in [1.165, 1.54) is 24.1 Å². The lowest BCUT2D eigenvalue weighted by atomic mass is 9.94. The normalized spacial score (nSPS) is 13.0.